The average molecular weight is 333 g/mol. The molecule has 0 rings (SSSR count). The van der Waals surface area contributed by atoms with Crippen molar-refractivity contribution in [3.05, 3.63) is 53.5 Å². The topological polar surface area (TPSA) is 0 Å². The smallest absolute Gasteiger partial charge is 1.00 e. The van der Waals surface area contributed by atoms with Gasteiger partial charge in [0.15, 0.2) is 0 Å². The van der Waals surface area contributed by atoms with Crippen molar-refractivity contribution in [2.45, 2.75) is 73.1 Å². The van der Waals surface area contributed by atoms with Crippen LogP contribution in [0.25, 0.3) is 0 Å². The Labute approximate surface area is 161 Å². The van der Waals surface area contributed by atoms with E-state index in [1.165, 1.54) is 48.3 Å². The molecule has 0 heterocycles. The van der Waals surface area contributed by atoms with Crippen LogP contribution in [0.1, 0.15) is 73.1 Å². The van der Waals surface area contributed by atoms with Crippen LogP contribution in [0.3, 0.4) is 0 Å². The molecule has 0 fully saturated rings. The molecule has 0 saturated carbocycles. The molecule has 0 radical (unpaired) electrons. The summed E-state index contributed by atoms with van der Waals surface area (Å²) < 4.78 is 0. The maximum Gasteiger partial charge on any atom is 2.00 e. The summed E-state index contributed by atoms with van der Waals surface area (Å²) in [5.74, 6) is 1.38. The molecule has 0 bridgehead atoms. The van der Waals surface area contributed by atoms with E-state index >= 15 is 0 Å². The van der Waals surface area contributed by atoms with Crippen LogP contribution in [-0.4, -0.2) is 23.1 Å². The Morgan fingerprint density at radius 3 is 1.77 bits per heavy atom. The molecular weight excluding hydrogens is 300 g/mol. The zero-order valence-electron chi connectivity index (χ0n) is 15.3. The van der Waals surface area contributed by atoms with Gasteiger partial charge in [0.2, 0.25) is 0 Å². The summed E-state index contributed by atoms with van der Waals surface area (Å²) in [7, 11) is 0. The Morgan fingerprint density at radius 2 is 1.32 bits per heavy atom. The largest absolute Gasteiger partial charge is 2.00 e. The van der Waals surface area contributed by atoms with Crippen molar-refractivity contribution < 1.29 is 12.4 Å². The Morgan fingerprint density at radius 1 is 0.864 bits per heavy atom. The number of halogens is 1. The quantitative estimate of drug-likeness (QED) is 0.326. The van der Waals surface area contributed by atoms with Gasteiger partial charge in [-0.2, -0.15) is 0 Å². The van der Waals surface area contributed by atoms with E-state index in [2.05, 4.69) is 59.4 Å². The Bertz CT molecular complexity index is 360. The standard InChI is InChI=1S/C20H33.ClH.Mg/c1-7-18(4)12-9-14-20(6)16-10-15-19(5)13-8-11-17(2)3;;/h7,11,14-15H,1,8-10,12-13,16H2,2-6H3;1H;/q-1;;+2/p-1/b19-15+,20-14+;;. The van der Waals surface area contributed by atoms with Gasteiger partial charge in [0.05, 0.1) is 0 Å². The summed E-state index contributed by atoms with van der Waals surface area (Å²) in [5, 5.41) is 0. The van der Waals surface area contributed by atoms with Gasteiger partial charge in [0, 0.05) is 0 Å². The third-order valence-electron chi connectivity index (χ3n) is 3.50. The van der Waals surface area contributed by atoms with Crippen LogP contribution in [0.2, 0.25) is 0 Å². The van der Waals surface area contributed by atoms with Crippen molar-refractivity contribution in [1.29, 1.82) is 0 Å². The van der Waals surface area contributed by atoms with Crippen molar-refractivity contribution in [2.75, 3.05) is 0 Å². The molecule has 0 nitrogen and oxygen atoms in total. The van der Waals surface area contributed by atoms with Gasteiger partial charge in [0.25, 0.3) is 0 Å². The van der Waals surface area contributed by atoms with Crippen LogP contribution in [0.15, 0.2) is 47.6 Å². The maximum atomic E-state index is 3.79. The first-order valence-corrected chi connectivity index (χ1v) is 7.85. The molecule has 0 aromatic carbocycles. The van der Waals surface area contributed by atoms with Crippen LogP contribution in [-0.2, 0) is 0 Å². The van der Waals surface area contributed by atoms with Gasteiger partial charge in [-0.25, -0.2) is 18.6 Å². The molecule has 0 spiro atoms. The van der Waals surface area contributed by atoms with Gasteiger partial charge in [0.1, 0.15) is 0 Å². The first-order chi connectivity index (χ1) is 9.45. The van der Waals surface area contributed by atoms with Crippen molar-refractivity contribution >= 4 is 23.1 Å². The molecule has 0 N–H and O–H groups in total. The van der Waals surface area contributed by atoms with E-state index < -0.39 is 0 Å². The van der Waals surface area contributed by atoms with Crippen molar-refractivity contribution in [2.24, 2.45) is 0 Å². The van der Waals surface area contributed by atoms with Gasteiger partial charge in [-0.05, 0) is 59.8 Å². The van der Waals surface area contributed by atoms with E-state index in [1.807, 2.05) is 6.08 Å². The van der Waals surface area contributed by atoms with E-state index in [4.69, 9.17) is 0 Å². The molecule has 122 valence electrons. The van der Waals surface area contributed by atoms with Gasteiger partial charge >= 0.3 is 23.1 Å². The third kappa shape index (κ3) is 17.9. The second-order valence-electron chi connectivity index (χ2n) is 6.05. The first kappa shape index (κ1) is 26.8. The number of allylic oxidation sites excluding steroid dienone is 7. The molecule has 0 unspecified atom stereocenters. The minimum absolute atomic E-state index is 0. The summed E-state index contributed by atoms with van der Waals surface area (Å²) in [4.78, 5) is 0. The Balaban J connectivity index is -0.00000180. The minimum atomic E-state index is 0. The molecule has 0 atom stereocenters. The predicted molar refractivity (Wildman–Crippen MR) is 99.5 cm³/mol. The molecule has 0 saturated heterocycles. The molecule has 0 aliphatic carbocycles. The molecule has 0 aliphatic heterocycles. The monoisotopic (exact) mass is 332 g/mol. The Hall–Kier alpha value is -0.114. The van der Waals surface area contributed by atoms with Crippen molar-refractivity contribution in [1.82, 2.24) is 0 Å². The molecule has 0 amide bonds. The fraction of sp³-hybridized carbons (Fsp3) is 0.550. The molecule has 22 heavy (non-hydrogen) atoms. The zero-order chi connectivity index (χ0) is 15.4. The fourth-order valence-corrected chi connectivity index (χ4v) is 1.99. The van der Waals surface area contributed by atoms with E-state index in [-0.39, 0.29) is 35.5 Å². The van der Waals surface area contributed by atoms with Gasteiger partial charge in [-0.1, -0.05) is 41.4 Å². The summed E-state index contributed by atoms with van der Waals surface area (Å²) >= 11 is 0. The van der Waals surface area contributed by atoms with Gasteiger partial charge in [-0.3, -0.25) is 0 Å². The van der Waals surface area contributed by atoms with Gasteiger partial charge < -0.3 is 12.4 Å². The summed E-state index contributed by atoms with van der Waals surface area (Å²) in [6.45, 7) is 14.8. The summed E-state index contributed by atoms with van der Waals surface area (Å²) in [5.41, 5.74) is 4.45. The molecule has 0 aliphatic rings. The van der Waals surface area contributed by atoms with Crippen molar-refractivity contribution in [3.8, 4) is 0 Å². The molecule has 0 aromatic heterocycles. The normalized spacial score (nSPS) is 11.1. The van der Waals surface area contributed by atoms with E-state index in [1.54, 1.807) is 0 Å². The zero-order valence-corrected chi connectivity index (χ0v) is 17.5. The Kier molecular flexibility index (Phi) is 21.0. The van der Waals surface area contributed by atoms with E-state index in [0.717, 1.165) is 12.8 Å². The van der Waals surface area contributed by atoms with Crippen LogP contribution >= 0.6 is 0 Å². The molecule has 2 heteroatoms. The number of rotatable bonds is 10. The fourth-order valence-electron chi connectivity index (χ4n) is 1.99. The third-order valence-corrected chi connectivity index (χ3v) is 3.50. The maximum absolute atomic E-state index is 3.79. The molecule has 0 aromatic rings. The van der Waals surface area contributed by atoms with E-state index in [9.17, 15) is 0 Å². The second kappa shape index (κ2) is 17.2. The molecular formula is C20H33ClMg. The van der Waals surface area contributed by atoms with Crippen LogP contribution in [0, 0.1) is 5.92 Å². The summed E-state index contributed by atoms with van der Waals surface area (Å²) in [6, 6.07) is 0. The van der Waals surface area contributed by atoms with Crippen LogP contribution in [0.4, 0.5) is 0 Å². The first-order valence-electron chi connectivity index (χ1n) is 7.85. The SMILES string of the molecule is C=C[C-](C)CC/C=C(\C)CC/C=C(\C)CCC=C(C)C.[Cl-].[Mg+2]. The van der Waals surface area contributed by atoms with Gasteiger partial charge in [-0.15, -0.1) is 6.92 Å². The number of hydrogen-bond donors (Lipinski definition) is 0. The van der Waals surface area contributed by atoms with Crippen molar-refractivity contribution in [3.63, 3.8) is 0 Å². The van der Waals surface area contributed by atoms with Crippen LogP contribution < -0.4 is 12.4 Å². The average Bonchev–Trinajstić information content (AvgIpc) is 2.38. The van der Waals surface area contributed by atoms with E-state index in [0.29, 0.717) is 0 Å². The second-order valence-corrected chi connectivity index (χ2v) is 6.05. The predicted octanol–water partition coefficient (Wildman–Crippen LogP) is 3.59. The number of hydrogen-bond acceptors (Lipinski definition) is 0. The summed E-state index contributed by atoms with van der Waals surface area (Å²) in [6.07, 6.45) is 16.1. The minimum Gasteiger partial charge on any atom is -1.00 e. The van der Waals surface area contributed by atoms with Crippen LogP contribution in [0.5, 0.6) is 0 Å².